The van der Waals surface area contributed by atoms with Gasteiger partial charge in [0.05, 0.1) is 0 Å². The largest absolute Gasteiger partial charge is 0.508 e. The van der Waals surface area contributed by atoms with Gasteiger partial charge in [0, 0.05) is 48.1 Å². The van der Waals surface area contributed by atoms with Gasteiger partial charge < -0.3 is 20.1 Å². The second-order valence-electron chi connectivity index (χ2n) is 7.62. The van der Waals surface area contributed by atoms with E-state index >= 15 is 0 Å². The van der Waals surface area contributed by atoms with Crippen LogP contribution in [0.25, 0.3) is 23.8 Å². The van der Waals surface area contributed by atoms with Gasteiger partial charge in [-0.3, -0.25) is 0 Å². The Morgan fingerprint density at radius 1 is 0.581 bits per heavy atom. The van der Waals surface area contributed by atoms with Crippen LogP contribution >= 0.6 is 11.3 Å². The van der Waals surface area contributed by atoms with Crippen LogP contribution in [-0.2, 0) is 0 Å². The molecule has 4 nitrogen and oxygen atoms in total. The Bertz CT molecular complexity index is 1640. The van der Waals surface area contributed by atoms with Crippen LogP contribution in [0.5, 0.6) is 5.75 Å². The van der Waals surface area contributed by atoms with Crippen LogP contribution in [0.4, 0.5) is 0 Å². The van der Waals surface area contributed by atoms with Crippen molar-refractivity contribution in [2.45, 2.75) is 0 Å². The van der Waals surface area contributed by atoms with Gasteiger partial charge in [-0.05, 0) is 84.5 Å². The molecule has 1 aromatic carbocycles. The Labute approximate surface area is 181 Å². The van der Waals surface area contributed by atoms with Gasteiger partial charge >= 0.3 is 0 Å². The third-order valence-electron chi connectivity index (χ3n) is 5.39. The van der Waals surface area contributed by atoms with Gasteiger partial charge in [-0.2, -0.15) is 0 Å². The van der Waals surface area contributed by atoms with Crippen LogP contribution < -0.4 is 21.4 Å². The van der Waals surface area contributed by atoms with Crippen molar-refractivity contribution in [1.82, 2.24) is 15.0 Å². The van der Waals surface area contributed by atoms with Crippen LogP contribution in [0.2, 0.25) is 0 Å². The molecule has 1 aliphatic heterocycles. The predicted octanol–water partition coefficient (Wildman–Crippen LogP) is 2.49. The normalized spacial score (nSPS) is 12.7. The Kier molecular flexibility index (Phi) is 4.08. The summed E-state index contributed by atoms with van der Waals surface area (Å²) in [5, 5.41) is 14.0. The Morgan fingerprint density at radius 3 is 2.03 bits per heavy atom. The highest BCUT2D eigenvalue weighted by Crippen LogP contribution is 2.29. The fraction of sp³-hybridized carbons (Fsp3) is 0. The Balaban J connectivity index is 1.66. The first-order valence-corrected chi connectivity index (χ1v) is 10.9. The summed E-state index contributed by atoms with van der Waals surface area (Å²) in [5.74, 6) is 0.264. The second-order valence-corrected chi connectivity index (χ2v) is 8.74. The number of nitrogens with one attached hydrogen (secondary N) is 3. The predicted molar refractivity (Wildman–Crippen MR) is 126 cm³/mol. The van der Waals surface area contributed by atoms with E-state index in [1.807, 2.05) is 12.1 Å². The number of phenols is 1. The zero-order chi connectivity index (χ0) is 20.8. The molecule has 4 N–H and O–H groups in total. The molecule has 0 aliphatic carbocycles. The number of fused-ring (bicyclic) bond motifs is 8. The molecule has 0 atom stereocenters. The second kappa shape index (κ2) is 7.07. The Morgan fingerprint density at radius 2 is 1.26 bits per heavy atom. The lowest BCUT2D eigenvalue weighted by Crippen LogP contribution is -2.14. The number of phenolic OH excluding ortho intramolecular Hbond substituents is 1. The fourth-order valence-electron chi connectivity index (χ4n) is 3.95. The molecular formula is C26H19N3OS. The van der Waals surface area contributed by atoms with Crippen molar-refractivity contribution in [3.8, 4) is 5.75 Å². The van der Waals surface area contributed by atoms with Gasteiger partial charge in [-0.1, -0.05) is 12.1 Å². The molecule has 0 saturated heterocycles. The zero-order valence-corrected chi connectivity index (χ0v) is 17.3. The maximum Gasteiger partial charge on any atom is 0.115 e. The van der Waals surface area contributed by atoms with Crippen LogP contribution in [0.1, 0.15) is 26.7 Å². The van der Waals surface area contributed by atoms with E-state index in [2.05, 4.69) is 81.7 Å². The molecule has 0 unspecified atom stereocenters. The van der Waals surface area contributed by atoms with Crippen molar-refractivity contribution >= 4 is 35.1 Å². The Hall–Kier alpha value is -3.96. The van der Waals surface area contributed by atoms with Crippen molar-refractivity contribution in [3.05, 3.63) is 121 Å². The summed E-state index contributed by atoms with van der Waals surface area (Å²) in [5.41, 5.74) is 4.26. The molecule has 5 aromatic rings. The number of aromatic hydroxyl groups is 1. The monoisotopic (exact) mass is 421 g/mol. The number of thiophene rings is 1. The quantitative estimate of drug-likeness (QED) is 0.324. The minimum atomic E-state index is 0.264. The average molecular weight is 422 g/mol. The summed E-state index contributed by atoms with van der Waals surface area (Å²) >= 11 is 1.75. The standard InChI is InChI=1S/C26H19N3OS/c30-22-8-1-16(2-9-22)26-24-11-7-20(29-24)14-19-4-3-17(27-19)13-18-5-6-21(28-18)15-23-10-12-25(26)31-23/h1-15,27-30H. The van der Waals surface area contributed by atoms with Crippen molar-refractivity contribution < 1.29 is 5.11 Å². The summed E-state index contributed by atoms with van der Waals surface area (Å²) in [7, 11) is 0. The van der Waals surface area contributed by atoms with Gasteiger partial charge in [0.2, 0.25) is 0 Å². The van der Waals surface area contributed by atoms with Gasteiger partial charge in [-0.15, -0.1) is 11.3 Å². The lowest BCUT2D eigenvalue weighted by Gasteiger charge is -2.05. The van der Waals surface area contributed by atoms with Crippen LogP contribution in [-0.4, -0.2) is 20.1 Å². The molecule has 6 rings (SSSR count). The topological polar surface area (TPSA) is 67.6 Å². The molecule has 5 heterocycles. The number of benzene rings is 1. The highest BCUT2D eigenvalue weighted by molar-refractivity contribution is 7.14. The molecule has 5 heteroatoms. The third-order valence-corrected chi connectivity index (χ3v) is 6.44. The molecule has 0 saturated carbocycles. The number of aromatic amines is 3. The minimum absolute atomic E-state index is 0.264. The first-order valence-electron chi connectivity index (χ1n) is 10.1. The van der Waals surface area contributed by atoms with Gasteiger partial charge in [0.25, 0.3) is 0 Å². The third kappa shape index (κ3) is 3.45. The maximum atomic E-state index is 9.77. The van der Waals surface area contributed by atoms with Crippen molar-refractivity contribution in [2.75, 3.05) is 0 Å². The summed E-state index contributed by atoms with van der Waals surface area (Å²) in [6.07, 6.45) is 6.38. The molecule has 4 aromatic heterocycles. The summed E-state index contributed by atoms with van der Waals surface area (Å²) in [4.78, 5) is 12.8. The number of H-pyrrole nitrogens is 3. The number of hydrogen-bond donors (Lipinski definition) is 4. The van der Waals surface area contributed by atoms with Crippen molar-refractivity contribution in [1.29, 1.82) is 0 Å². The van der Waals surface area contributed by atoms with Crippen LogP contribution in [0.15, 0.2) is 72.8 Å². The molecular weight excluding hydrogens is 402 g/mol. The molecule has 0 fully saturated rings. The van der Waals surface area contributed by atoms with E-state index in [4.69, 9.17) is 0 Å². The lowest BCUT2D eigenvalue weighted by atomic mass is 10.0. The van der Waals surface area contributed by atoms with E-state index < -0.39 is 0 Å². The van der Waals surface area contributed by atoms with E-state index in [1.54, 1.807) is 23.5 Å². The molecule has 8 bridgehead atoms. The first-order chi connectivity index (χ1) is 15.2. The van der Waals surface area contributed by atoms with Gasteiger partial charge in [-0.25, -0.2) is 0 Å². The number of aromatic nitrogens is 3. The SMILES string of the molecule is Oc1ccc(C2=c3ccc([nH]3)=Cc3ccc([nH]3)C=c3ccc([nH]3)=Cc3ccc2s3)cc1. The number of rotatable bonds is 1. The molecule has 0 radical (unpaired) electrons. The van der Waals surface area contributed by atoms with Crippen molar-refractivity contribution in [3.63, 3.8) is 0 Å². The smallest absolute Gasteiger partial charge is 0.115 e. The minimum Gasteiger partial charge on any atom is -0.508 e. The van der Waals surface area contributed by atoms with E-state index in [-0.39, 0.29) is 5.75 Å². The van der Waals surface area contributed by atoms with Crippen molar-refractivity contribution in [2.24, 2.45) is 0 Å². The number of hydrogen-bond acceptors (Lipinski definition) is 2. The first kappa shape index (κ1) is 17.9. The molecule has 150 valence electrons. The van der Waals surface area contributed by atoms with E-state index in [9.17, 15) is 5.11 Å². The maximum absolute atomic E-state index is 9.77. The summed E-state index contributed by atoms with van der Waals surface area (Å²) in [6.45, 7) is 0. The highest BCUT2D eigenvalue weighted by Gasteiger charge is 2.10. The average Bonchev–Trinajstić information content (AvgIpc) is 3.55. The van der Waals surface area contributed by atoms with Crippen LogP contribution in [0, 0.1) is 0 Å². The molecule has 1 aliphatic rings. The van der Waals surface area contributed by atoms with Gasteiger partial charge in [0.15, 0.2) is 0 Å². The van der Waals surface area contributed by atoms with Crippen LogP contribution in [0.3, 0.4) is 0 Å². The fourth-order valence-corrected chi connectivity index (χ4v) is 4.99. The van der Waals surface area contributed by atoms with Gasteiger partial charge in [0.1, 0.15) is 5.75 Å². The molecule has 0 amide bonds. The zero-order valence-electron chi connectivity index (χ0n) is 16.5. The van der Waals surface area contributed by atoms with E-state index in [1.165, 1.54) is 4.88 Å². The molecule has 31 heavy (non-hydrogen) atoms. The summed E-state index contributed by atoms with van der Waals surface area (Å²) in [6, 6.07) is 24.2. The molecule has 0 spiro atoms. The van der Waals surface area contributed by atoms with E-state index in [0.717, 1.165) is 48.8 Å². The van der Waals surface area contributed by atoms with E-state index in [0.29, 0.717) is 0 Å². The summed E-state index contributed by atoms with van der Waals surface area (Å²) < 4.78 is 0. The highest BCUT2D eigenvalue weighted by atomic mass is 32.1. The lowest BCUT2D eigenvalue weighted by molar-refractivity contribution is 0.475.